The molecule has 2 aromatic carbocycles. The third-order valence-corrected chi connectivity index (χ3v) is 4.35. The normalized spacial score (nSPS) is 12.0. The van der Waals surface area contributed by atoms with Crippen molar-refractivity contribution in [2.75, 3.05) is 0 Å². The van der Waals surface area contributed by atoms with Crippen molar-refractivity contribution in [3.8, 4) is 0 Å². The van der Waals surface area contributed by atoms with Crippen molar-refractivity contribution >= 4 is 49.4 Å². The summed E-state index contributed by atoms with van der Waals surface area (Å²) in [5.74, 6) is -0.158. The summed E-state index contributed by atoms with van der Waals surface area (Å²) in [5, 5.41) is 3.49. The number of carbonyl (C=O) groups excluding carboxylic acids is 1. The molecular formula is C15H12Br2ClNO. The van der Waals surface area contributed by atoms with Crippen molar-refractivity contribution in [3.05, 3.63) is 67.6 Å². The Morgan fingerprint density at radius 1 is 1.15 bits per heavy atom. The molecule has 0 aliphatic carbocycles. The van der Waals surface area contributed by atoms with Gasteiger partial charge in [0.1, 0.15) is 0 Å². The second-order valence-corrected chi connectivity index (χ2v) is 6.58. The van der Waals surface area contributed by atoms with Gasteiger partial charge >= 0.3 is 0 Å². The first-order valence-electron chi connectivity index (χ1n) is 5.99. The summed E-state index contributed by atoms with van der Waals surface area (Å²) in [4.78, 5) is 12.3. The van der Waals surface area contributed by atoms with Gasteiger partial charge in [-0.1, -0.05) is 39.7 Å². The zero-order valence-corrected chi connectivity index (χ0v) is 14.6. The van der Waals surface area contributed by atoms with Gasteiger partial charge in [-0.05, 0) is 58.7 Å². The van der Waals surface area contributed by atoms with Crippen molar-refractivity contribution in [2.45, 2.75) is 13.0 Å². The molecule has 104 valence electrons. The molecule has 0 heterocycles. The molecule has 1 N–H and O–H groups in total. The minimum atomic E-state index is -0.158. The lowest BCUT2D eigenvalue weighted by atomic mass is 10.1. The molecule has 1 atom stereocenters. The summed E-state index contributed by atoms with van der Waals surface area (Å²) in [6.45, 7) is 1.94. The van der Waals surface area contributed by atoms with E-state index in [1.54, 1.807) is 18.2 Å². The van der Waals surface area contributed by atoms with Crippen molar-refractivity contribution in [1.82, 2.24) is 5.32 Å². The van der Waals surface area contributed by atoms with E-state index < -0.39 is 0 Å². The number of hydrogen-bond acceptors (Lipinski definition) is 1. The van der Waals surface area contributed by atoms with Crippen LogP contribution in [0.25, 0.3) is 0 Å². The van der Waals surface area contributed by atoms with E-state index in [2.05, 4.69) is 37.2 Å². The smallest absolute Gasteiger partial charge is 0.252 e. The van der Waals surface area contributed by atoms with Gasteiger partial charge in [-0.15, -0.1) is 0 Å². The van der Waals surface area contributed by atoms with Gasteiger partial charge in [0.25, 0.3) is 5.91 Å². The van der Waals surface area contributed by atoms with Gasteiger partial charge in [0.2, 0.25) is 0 Å². The summed E-state index contributed by atoms with van der Waals surface area (Å²) in [7, 11) is 0. The van der Waals surface area contributed by atoms with Crippen LogP contribution in [0.2, 0.25) is 5.02 Å². The van der Waals surface area contributed by atoms with Crippen LogP contribution in [0, 0.1) is 0 Å². The van der Waals surface area contributed by atoms with Crippen LogP contribution in [-0.2, 0) is 0 Å². The Hall–Kier alpha value is -0.840. The maximum atomic E-state index is 12.3. The first-order chi connectivity index (χ1) is 9.47. The van der Waals surface area contributed by atoms with E-state index >= 15 is 0 Å². The fraction of sp³-hybridized carbons (Fsp3) is 0.133. The monoisotopic (exact) mass is 415 g/mol. The lowest BCUT2D eigenvalue weighted by molar-refractivity contribution is 0.0939. The molecule has 2 rings (SSSR count). The quantitative estimate of drug-likeness (QED) is 0.716. The van der Waals surface area contributed by atoms with E-state index in [0.29, 0.717) is 10.6 Å². The average molecular weight is 418 g/mol. The van der Waals surface area contributed by atoms with Gasteiger partial charge in [0.15, 0.2) is 0 Å². The Bertz CT molecular complexity index is 628. The minimum Gasteiger partial charge on any atom is -0.345 e. The molecule has 0 saturated heterocycles. The van der Waals surface area contributed by atoms with Crippen LogP contribution in [0.15, 0.2) is 51.4 Å². The van der Waals surface area contributed by atoms with E-state index in [-0.39, 0.29) is 11.9 Å². The van der Waals surface area contributed by atoms with Crippen LogP contribution in [0.3, 0.4) is 0 Å². The van der Waals surface area contributed by atoms with Gasteiger partial charge < -0.3 is 5.32 Å². The summed E-state index contributed by atoms with van der Waals surface area (Å²) in [5.41, 5.74) is 1.57. The average Bonchev–Trinajstić information content (AvgIpc) is 2.42. The standard InChI is InChI=1S/C15H12Br2ClNO/c1-9(10-2-4-11(16)5-3-10)19-15(20)13-8-12(18)6-7-14(13)17/h2-9H,1H3,(H,19,20)/t9-/m0/s1. The lowest BCUT2D eigenvalue weighted by Gasteiger charge is -2.15. The van der Waals surface area contributed by atoms with Crippen molar-refractivity contribution in [1.29, 1.82) is 0 Å². The summed E-state index contributed by atoms with van der Waals surface area (Å²) in [6.07, 6.45) is 0. The predicted octanol–water partition coefficient (Wildman–Crippen LogP) is 5.36. The third-order valence-electron chi connectivity index (χ3n) is 2.89. The second-order valence-electron chi connectivity index (χ2n) is 4.37. The molecule has 0 unspecified atom stereocenters. The number of nitrogens with one attached hydrogen (secondary N) is 1. The molecule has 2 aromatic rings. The topological polar surface area (TPSA) is 29.1 Å². The Kier molecular flexibility index (Phi) is 5.24. The molecule has 0 radical (unpaired) electrons. The van der Waals surface area contributed by atoms with Gasteiger partial charge in [-0.25, -0.2) is 0 Å². The molecular weight excluding hydrogens is 405 g/mol. The molecule has 0 bridgehead atoms. The van der Waals surface area contributed by atoms with Gasteiger partial charge in [-0.3, -0.25) is 4.79 Å². The molecule has 2 nitrogen and oxygen atoms in total. The highest BCUT2D eigenvalue weighted by molar-refractivity contribution is 9.10. The SMILES string of the molecule is C[C@H](NC(=O)c1cc(Cl)ccc1Br)c1ccc(Br)cc1. The molecule has 0 spiro atoms. The van der Waals surface area contributed by atoms with Gasteiger partial charge in [-0.2, -0.15) is 0 Å². The van der Waals surface area contributed by atoms with E-state index in [4.69, 9.17) is 11.6 Å². The van der Waals surface area contributed by atoms with Crippen LogP contribution in [0.5, 0.6) is 0 Å². The fourth-order valence-electron chi connectivity index (χ4n) is 1.78. The van der Waals surface area contributed by atoms with E-state index in [0.717, 1.165) is 14.5 Å². The molecule has 0 aromatic heterocycles. The third kappa shape index (κ3) is 3.84. The van der Waals surface area contributed by atoms with Gasteiger partial charge in [0, 0.05) is 14.0 Å². The largest absolute Gasteiger partial charge is 0.345 e. The number of rotatable bonds is 3. The molecule has 0 aliphatic heterocycles. The maximum Gasteiger partial charge on any atom is 0.252 e. The first kappa shape index (κ1) is 15.5. The maximum absolute atomic E-state index is 12.3. The first-order valence-corrected chi connectivity index (χ1v) is 7.95. The molecule has 0 aliphatic rings. The Morgan fingerprint density at radius 3 is 2.45 bits per heavy atom. The second kappa shape index (κ2) is 6.74. The Balaban J connectivity index is 2.15. The Morgan fingerprint density at radius 2 is 1.80 bits per heavy atom. The van der Waals surface area contributed by atoms with Gasteiger partial charge in [0.05, 0.1) is 11.6 Å². The molecule has 0 fully saturated rings. The van der Waals surface area contributed by atoms with Crippen LogP contribution < -0.4 is 5.32 Å². The Labute approximate surface area is 139 Å². The zero-order chi connectivity index (χ0) is 14.7. The highest BCUT2D eigenvalue weighted by Crippen LogP contribution is 2.22. The van der Waals surface area contributed by atoms with E-state index in [9.17, 15) is 4.79 Å². The van der Waals surface area contributed by atoms with E-state index in [1.807, 2.05) is 31.2 Å². The van der Waals surface area contributed by atoms with Crippen molar-refractivity contribution in [3.63, 3.8) is 0 Å². The number of halogens is 3. The molecule has 1 amide bonds. The summed E-state index contributed by atoms with van der Waals surface area (Å²) < 4.78 is 1.74. The lowest BCUT2D eigenvalue weighted by Crippen LogP contribution is -2.26. The predicted molar refractivity (Wildman–Crippen MR) is 89.2 cm³/mol. The van der Waals surface area contributed by atoms with Crippen LogP contribution >= 0.6 is 43.5 Å². The van der Waals surface area contributed by atoms with E-state index in [1.165, 1.54) is 0 Å². The number of hydrogen-bond donors (Lipinski definition) is 1. The van der Waals surface area contributed by atoms with Crippen LogP contribution in [0.1, 0.15) is 28.9 Å². The highest BCUT2D eigenvalue weighted by atomic mass is 79.9. The molecule has 5 heteroatoms. The molecule has 0 saturated carbocycles. The summed E-state index contributed by atoms with van der Waals surface area (Å²) >= 11 is 12.7. The van der Waals surface area contributed by atoms with Crippen LogP contribution in [0.4, 0.5) is 0 Å². The minimum absolute atomic E-state index is 0.0820. The van der Waals surface area contributed by atoms with Crippen LogP contribution in [-0.4, -0.2) is 5.91 Å². The number of benzene rings is 2. The highest BCUT2D eigenvalue weighted by Gasteiger charge is 2.14. The zero-order valence-electron chi connectivity index (χ0n) is 10.7. The number of amides is 1. The fourth-order valence-corrected chi connectivity index (χ4v) is 2.64. The summed E-state index contributed by atoms with van der Waals surface area (Å²) in [6, 6.07) is 12.9. The van der Waals surface area contributed by atoms with Crippen molar-refractivity contribution in [2.24, 2.45) is 0 Å². The number of carbonyl (C=O) groups is 1. The molecule has 20 heavy (non-hydrogen) atoms. The van der Waals surface area contributed by atoms with Crippen molar-refractivity contribution < 1.29 is 4.79 Å².